The van der Waals surface area contributed by atoms with E-state index >= 15 is 0 Å². The Bertz CT molecular complexity index is 553. The second-order valence-electron chi connectivity index (χ2n) is 4.93. The van der Waals surface area contributed by atoms with Crippen molar-refractivity contribution in [1.82, 2.24) is 5.32 Å². The van der Waals surface area contributed by atoms with Gasteiger partial charge in [0.25, 0.3) is 11.6 Å². The summed E-state index contributed by atoms with van der Waals surface area (Å²) in [5.41, 5.74) is 0.241. The van der Waals surface area contributed by atoms with Crippen LogP contribution >= 0.6 is 27.7 Å². The molecule has 2 atom stereocenters. The number of hydrogen-bond donors (Lipinski definition) is 1. The first-order valence-electron chi connectivity index (χ1n) is 6.89. The Kier molecular flexibility index (Phi) is 5.64. The van der Waals surface area contributed by atoms with Gasteiger partial charge in [0, 0.05) is 22.9 Å². The number of amides is 1. The van der Waals surface area contributed by atoms with Crippen LogP contribution in [-0.4, -0.2) is 27.9 Å². The minimum absolute atomic E-state index is 0.0893. The summed E-state index contributed by atoms with van der Waals surface area (Å²) in [6, 6.07) is 4.62. The molecule has 1 N–H and O–H groups in total. The van der Waals surface area contributed by atoms with Gasteiger partial charge in [-0.1, -0.05) is 13.3 Å². The molecule has 114 valence electrons. The van der Waals surface area contributed by atoms with Crippen molar-refractivity contribution in [2.24, 2.45) is 0 Å². The van der Waals surface area contributed by atoms with Crippen LogP contribution in [0, 0.1) is 10.1 Å². The number of carbonyl (C=O) groups excluding carboxylic acids is 1. The molecule has 0 radical (unpaired) electrons. The first-order valence-corrected chi connectivity index (χ1v) is 8.73. The molecular formula is C14H17BrN2O3S. The van der Waals surface area contributed by atoms with Crippen molar-refractivity contribution < 1.29 is 9.72 Å². The van der Waals surface area contributed by atoms with Gasteiger partial charge in [0.15, 0.2) is 0 Å². The molecular weight excluding hydrogens is 356 g/mol. The Morgan fingerprint density at radius 1 is 1.52 bits per heavy atom. The molecule has 1 aromatic carbocycles. The number of nitrogens with zero attached hydrogens (tertiary/aromatic N) is 1. The Hall–Kier alpha value is -1.08. The molecule has 1 fully saturated rings. The number of nitro benzene ring substituents is 1. The predicted molar refractivity (Wildman–Crippen MR) is 87.8 cm³/mol. The average molecular weight is 373 g/mol. The number of rotatable bonds is 5. The summed E-state index contributed by atoms with van der Waals surface area (Å²) in [7, 11) is 0. The van der Waals surface area contributed by atoms with E-state index in [4.69, 9.17) is 0 Å². The lowest BCUT2D eigenvalue weighted by molar-refractivity contribution is -0.385. The summed E-state index contributed by atoms with van der Waals surface area (Å²) in [5.74, 6) is 0.792. The zero-order valence-corrected chi connectivity index (χ0v) is 14.1. The van der Waals surface area contributed by atoms with Gasteiger partial charge in [0.2, 0.25) is 0 Å². The van der Waals surface area contributed by atoms with Crippen molar-refractivity contribution in [1.29, 1.82) is 0 Å². The highest BCUT2D eigenvalue weighted by Crippen LogP contribution is 2.30. The molecule has 0 aliphatic heterocycles. The van der Waals surface area contributed by atoms with Gasteiger partial charge in [-0.2, -0.15) is 11.8 Å². The minimum Gasteiger partial charge on any atom is -0.348 e. The fourth-order valence-electron chi connectivity index (χ4n) is 2.55. The number of nitrogens with one attached hydrogen (secondary N) is 1. The van der Waals surface area contributed by atoms with Gasteiger partial charge in [-0.3, -0.25) is 14.9 Å². The first kappa shape index (κ1) is 16.3. The number of thioether (sulfide) groups is 1. The monoisotopic (exact) mass is 372 g/mol. The maximum atomic E-state index is 12.3. The normalized spacial score (nSPS) is 21.2. The molecule has 7 heteroatoms. The third kappa shape index (κ3) is 3.97. The predicted octanol–water partition coefficient (Wildman–Crippen LogP) is 3.76. The van der Waals surface area contributed by atoms with E-state index in [2.05, 4.69) is 28.2 Å². The van der Waals surface area contributed by atoms with E-state index in [1.807, 2.05) is 11.8 Å². The van der Waals surface area contributed by atoms with Crippen LogP contribution in [0.25, 0.3) is 0 Å². The number of nitro groups is 1. The van der Waals surface area contributed by atoms with Crippen molar-refractivity contribution in [2.45, 2.75) is 37.5 Å². The number of hydrogen-bond acceptors (Lipinski definition) is 4. The molecule has 0 bridgehead atoms. The lowest BCUT2D eigenvalue weighted by atomic mass is 10.1. The van der Waals surface area contributed by atoms with Crippen LogP contribution in [0.4, 0.5) is 5.69 Å². The van der Waals surface area contributed by atoms with E-state index in [1.54, 1.807) is 12.1 Å². The summed E-state index contributed by atoms with van der Waals surface area (Å²) in [4.78, 5) is 22.7. The van der Waals surface area contributed by atoms with E-state index in [-0.39, 0.29) is 17.6 Å². The molecule has 0 saturated heterocycles. The number of carbonyl (C=O) groups is 1. The zero-order chi connectivity index (χ0) is 15.4. The van der Waals surface area contributed by atoms with Crippen LogP contribution in [-0.2, 0) is 0 Å². The van der Waals surface area contributed by atoms with E-state index in [9.17, 15) is 14.9 Å². The Labute approximate surface area is 136 Å². The van der Waals surface area contributed by atoms with Gasteiger partial charge in [-0.15, -0.1) is 0 Å². The van der Waals surface area contributed by atoms with Gasteiger partial charge in [0.05, 0.1) is 9.40 Å². The quantitative estimate of drug-likeness (QED) is 0.630. The average Bonchev–Trinajstić information content (AvgIpc) is 2.86. The molecule has 0 heterocycles. The lowest BCUT2D eigenvalue weighted by Crippen LogP contribution is -2.38. The van der Waals surface area contributed by atoms with Gasteiger partial charge in [-0.05, 0) is 46.7 Å². The van der Waals surface area contributed by atoms with Crippen molar-refractivity contribution in [3.63, 3.8) is 0 Å². The van der Waals surface area contributed by atoms with Crippen LogP contribution in [0.1, 0.15) is 36.5 Å². The molecule has 2 rings (SSSR count). The minimum atomic E-state index is -0.494. The molecule has 21 heavy (non-hydrogen) atoms. The Morgan fingerprint density at radius 2 is 2.29 bits per heavy atom. The zero-order valence-electron chi connectivity index (χ0n) is 11.7. The highest BCUT2D eigenvalue weighted by atomic mass is 79.9. The molecule has 2 unspecified atom stereocenters. The SMILES string of the molecule is CCSC1CCCC1NC(=O)c1ccc(Br)c([N+](=O)[O-])c1. The van der Waals surface area contributed by atoms with Crippen molar-refractivity contribution in [2.75, 3.05) is 5.75 Å². The second-order valence-corrected chi connectivity index (χ2v) is 7.30. The van der Waals surface area contributed by atoms with Crippen LogP contribution in [0.5, 0.6) is 0 Å². The third-order valence-electron chi connectivity index (χ3n) is 3.55. The second kappa shape index (κ2) is 7.26. The Balaban J connectivity index is 2.10. The summed E-state index contributed by atoms with van der Waals surface area (Å²) in [6.45, 7) is 2.11. The standard InChI is InChI=1S/C14H17BrN2O3S/c1-2-21-13-5-3-4-11(13)16-14(18)9-6-7-10(15)12(8-9)17(19)20/h6-8,11,13H,2-5H2,1H3,(H,16,18). The maximum Gasteiger partial charge on any atom is 0.284 e. The van der Waals surface area contributed by atoms with Gasteiger partial charge in [-0.25, -0.2) is 0 Å². The van der Waals surface area contributed by atoms with E-state index < -0.39 is 4.92 Å². The van der Waals surface area contributed by atoms with Crippen LogP contribution in [0.2, 0.25) is 0 Å². The molecule has 1 aliphatic carbocycles. The number of benzene rings is 1. The summed E-state index contributed by atoms with van der Waals surface area (Å²) >= 11 is 4.99. The maximum absolute atomic E-state index is 12.3. The van der Waals surface area contributed by atoms with Crippen LogP contribution in [0.3, 0.4) is 0 Å². The summed E-state index contributed by atoms with van der Waals surface area (Å²) < 4.78 is 0.379. The van der Waals surface area contributed by atoms with Crippen molar-refractivity contribution >= 4 is 39.3 Å². The molecule has 0 spiro atoms. The van der Waals surface area contributed by atoms with Crippen molar-refractivity contribution in [3.8, 4) is 0 Å². The van der Waals surface area contributed by atoms with E-state index in [0.717, 1.165) is 25.0 Å². The molecule has 5 nitrogen and oxygen atoms in total. The third-order valence-corrected chi connectivity index (χ3v) is 5.55. The Morgan fingerprint density at radius 3 is 2.95 bits per heavy atom. The van der Waals surface area contributed by atoms with E-state index in [1.165, 1.54) is 6.07 Å². The molecule has 0 aromatic heterocycles. The highest BCUT2D eigenvalue weighted by Gasteiger charge is 2.29. The van der Waals surface area contributed by atoms with Gasteiger partial charge >= 0.3 is 0 Å². The number of halogens is 1. The summed E-state index contributed by atoms with van der Waals surface area (Å²) in [5, 5.41) is 14.4. The van der Waals surface area contributed by atoms with E-state index in [0.29, 0.717) is 15.3 Å². The first-order chi connectivity index (χ1) is 10.0. The largest absolute Gasteiger partial charge is 0.348 e. The highest BCUT2D eigenvalue weighted by molar-refractivity contribution is 9.10. The summed E-state index contributed by atoms with van der Waals surface area (Å²) in [6.07, 6.45) is 3.20. The smallest absolute Gasteiger partial charge is 0.284 e. The van der Waals surface area contributed by atoms with Gasteiger partial charge < -0.3 is 5.32 Å². The molecule has 1 aliphatic rings. The molecule has 1 saturated carbocycles. The molecule has 1 aromatic rings. The van der Waals surface area contributed by atoms with Crippen LogP contribution < -0.4 is 5.32 Å². The van der Waals surface area contributed by atoms with Crippen molar-refractivity contribution in [3.05, 3.63) is 38.3 Å². The molecule has 1 amide bonds. The van der Waals surface area contributed by atoms with Crippen LogP contribution in [0.15, 0.2) is 22.7 Å². The fourth-order valence-corrected chi connectivity index (χ4v) is 4.14. The topological polar surface area (TPSA) is 72.2 Å². The lowest BCUT2D eigenvalue weighted by Gasteiger charge is -2.20. The fraction of sp³-hybridized carbons (Fsp3) is 0.500. The van der Waals surface area contributed by atoms with Gasteiger partial charge in [0.1, 0.15) is 0 Å².